The summed E-state index contributed by atoms with van der Waals surface area (Å²) >= 11 is 0. The number of hydrogen-bond acceptors (Lipinski definition) is 4. The first-order valence-electron chi connectivity index (χ1n) is 10.5. The summed E-state index contributed by atoms with van der Waals surface area (Å²) in [7, 11) is -0.516. The summed E-state index contributed by atoms with van der Waals surface area (Å²) in [6, 6.07) is 8.44. The van der Waals surface area contributed by atoms with Crippen LogP contribution in [-0.2, 0) is 21.7 Å². The van der Waals surface area contributed by atoms with Gasteiger partial charge in [0, 0.05) is 25.0 Å². The summed E-state index contributed by atoms with van der Waals surface area (Å²) in [6.45, 7) is 14.4. The Morgan fingerprint density at radius 1 is 1.18 bits per heavy atom. The zero-order valence-electron chi connectivity index (χ0n) is 18.3. The van der Waals surface area contributed by atoms with Gasteiger partial charge in [-0.1, -0.05) is 51.2 Å². The maximum absolute atomic E-state index is 10.0. The van der Waals surface area contributed by atoms with Crippen LogP contribution in [0.25, 0.3) is 0 Å². The van der Waals surface area contributed by atoms with Crippen molar-refractivity contribution >= 4 is 8.80 Å². The van der Waals surface area contributed by atoms with E-state index in [-0.39, 0.29) is 41.8 Å². The monoisotopic (exact) mass is 405 g/mol. The molecule has 2 aliphatic rings. The van der Waals surface area contributed by atoms with Crippen molar-refractivity contribution in [1.29, 1.82) is 0 Å². The highest BCUT2D eigenvalue weighted by atomic mass is 28.3. The molecular formula is C23H37O4Si. The van der Waals surface area contributed by atoms with Gasteiger partial charge in [-0.05, 0) is 42.9 Å². The van der Waals surface area contributed by atoms with Gasteiger partial charge in [-0.15, -0.1) is 0 Å². The highest BCUT2D eigenvalue weighted by Gasteiger charge is 2.59. The van der Waals surface area contributed by atoms with E-state index >= 15 is 0 Å². The quantitative estimate of drug-likeness (QED) is 0.639. The number of benzene rings is 1. The van der Waals surface area contributed by atoms with Crippen molar-refractivity contribution in [1.82, 2.24) is 0 Å². The number of fused-ring (bicyclic) bond motifs is 2. The second-order valence-electron chi connectivity index (χ2n) is 9.84. The Bertz CT molecular complexity index is 687. The predicted molar refractivity (Wildman–Crippen MR) is 114 cm³/mol. The van der Waals surface area contributed by atoms with Gasteiger partial charge in [-0.3, -0.25) is 0 Å². The molecule has 0 aromatic heterocycles. The average molecular weight is 406 g/mol. The lowest BCUT2D eigenvalue weighted by molar-refractivity contribution is -0.0563. The van der Waals surface area contributed by atoms with E-state index < -0.39 is 14.4 Å². The molecule has 0 unspecified atom stereocenters. The molecule has 2 fully saturated rings. The summed E-state index contributed by atoms with van der Waals surface area (Å²) in [6.07, 6.45) is 1.90. The molecule has 28 heavy (non-hydrogen) atoms. The van der Waals surface area contributed by atoms with E-state index in [1.54, 1.807) is 0 Å². The molecule has 2 N–H and O–H groups in total. The fourth-order valence-electron chi connectivity index (χ4n) is 4.85. The Hall–Kier alpha value is -0.723. The Morgan fingerprint density at radius 3 is 2.50 bits per heavy atom. The summed E-state index contributed by atoms with van der Waals surface area (Å²) in [5.41, 5.74) is 1.56. The van der Waals surface area contributed by atoms with Crippen molar-refractivity contribution in [2.45, 2.75) is 82.6 Å². The number of aliphatic hydroxyl groups excluding tert-OH is 2. The Morgan fingerprint density at radius 2 is 1.89 bits per heavy atom. The second-order valence-corrected chi connectivity index (χ2v) is 13.1. The standard InChI is InChI=1S/C23H37O4Si/c1-21(2,22(3,4)28(5)6)26-15-16-8-7-9-17(12-16)23-11-10-20(27-23)18(13-24)19(23)14-25/h7-9,12,18-20,24-25H,10-11,13-15H2,1-6H3/t18-,19+,20+,23+/m0/s1. The molecule has 3 rings (SSSR count). The first-order valence-corrected chi connectivity index (χ1v) is 13.0. The van der Waals surface area contributed by atoms with Gasteiger partial charge in [0.1, 0.15) is 0 Å². The van der Waals surface area contributed by atoms with Gasteiger partial charge in [-0.2, -0.15) is 0 Å². The molecule has 1 aromatic rings. The maximum Gasteiger partial charge on any atom is 0.0990 e. The summed E-state index contributed by atoms with van der Waals surface area (Å²) in [5, 5.41) is 20.0. The van der Waals surface area contributed by atoms with E-state index in [4.69, 9.17) is 9.47 Å². The zero-order valence-corrected chi connectivity index (χ0v) is 19.3. The van der Waals surface area contributed by atoms with Gasteiger partial charge < -0.3 is 19.7 Å². The van der Waals surface area contributed by atoms with Crippen molar-refractivity contribution in [3.05, 3.63) is 35.4 Å². The van der Waals surface area contributed by atoms with E-state index in [9.17, 15) is 10.2 Å². The van der Waals surface area contributed by atoms with Crippen LogP contribution in [0.2, 0.25) is 18.1 Å². The largest absolute Gasteiger partial charge is 0.396 e. The van der Waals surface area contributed by atoms with Crippen LogP contribution in [-0.4, -0.2) is 43.9 Å². The van der Waals surface area contributed by atoms with Crippen molar-refractivity contribution in [3.8, 4) is 0 Å². The summed E-state index contributed by atoms with van der Waals surface area (Å²) < 4.78 is 12.8. The van der Waals surface area contributed by atoms with E-state index in [1.807, 2.05) is 0 Å². The molecule has 5 heteroatoms. The third-order valence-electron chi connectivity index (χ3n) is 7.93. The first-order chi connectivity index (χ1) is 13.1. The third-order valence-corrected chi connectivity index (χ3v) is 11.0. The first kappa shape index (κ1) is 22.0. The topological polar surface area (TPSA) is 58.9 Å². The molecular weight excluding hydrogens is 368 g/mol. The minimum absolute atomic E-state index is 0.0214. The van der Waals surface area contributed by atoms with E-state index in [2.05, 4.69) is 65.1 Å². The second kappa shape index (κ2) is 7.84. The molecule has 0 spiro atoms. The molecule has 1 aromatic carbocycles. The van der Waals surface area contributed by atoms with Crippen LogP contribution < -0.4 is 0 Å². The van der Waals surface area contributed by atoms with Crippen LogP contribution in [0.5, 0.6) is 0 Å². The summed E-state index contributed by atoms with van der Waals surface area (Å²) in [5.74, 6) is -0.0267. The average Bonchev–Trinajstić information content (AvgIpc) is 3.23. The Balaban J connectivity index is 1.80. The minimum atomic E-state index is -0.516. The minimum Gasteiger partial charge on any atom is -0.396 e. The number of hydrogen-bond donors (Lipinski definition) is 2. The Labute approximate surface area is 171 Å². The van der Waals surface area contributed by atoms with E-state index in [1.165, 1.54) is 0 Å². The zero-order chi connectivity index (χ0) is 20.7. The number of rotatable bonds is 8. The summed E-state index contributed by atoms with van der Waals surface area (Å²) in [4.78, 5) is 0. The fourth-order valence-corrected chi connectivity index (χ4v) is 6.12. The predicted octanol–water partition coefficient (Wildman–Crippen LogP) is 4.12. The van der Waals surface area contributed by atoms with Crippen LogP contribution in [0, 0.1) is 11.8 Å². The van der Waals surface area contributed by atoms with Crippen molar-refractivity contribution in [2.24, 2.45) is 11.8 Å². The lowest BCUT2D eigenvalue weighted by Gasteiger charge is -2.44. The normalized spacial score (nSPS) is 30.4. The molecule has 0 aliphatic carbocycles. The van der Waals surface area contributed by atoms with Gasteiger partial charge in [-0.25, -0.2) is 0 Å². The van der Waals surface area contributed by atoms with Crippen molar-refractivity contribution in [3.63, 3.8) is 0 Å². The highest BCUT2D eigenvalue weighted by Crippen LogP contribution is 2.56. The van der Waals surface area contributed by atoms with Crippen molar-refractivity contribution < 1.29 is 19.7 Å². The van der Waals surface area contributed by atoms with Crippen LogP contribution in [0.1, 0.15) is 51.7 Å². The molecule has 4 nitrogen and oxygen atoms in total. The highest BCUT2D eigenvalue weighted by molar-refractivity contribution is 6.59. The van der Waals surface area contributed by atoms with Gasteiger partial charge in [0.25, 0.3) is 0 Å². The van der Waals surface area contributed by atoms with Crippen LogP contribution in [0.4, 0.5) is 0 Å². The van der Waals surface area contributed by atoms with Gasteiger partial charge in [0.15, 0.2) is 0 Å². The van der Waals surface area contributed by atoms with Crippen LogP contribution in [0.15, 0.2) is 24.3 Å². The number of aliphatic hydroxyl groups is 2. The van der Waals surface area contributed by atoms with E-state index in [0.717, 1.165) is 24.0 Å². The molecule has 2 bridgehead atoms. The Kier molecular flexibility index (Phi) is 6.15. The maximum atomic E-state index is 10.0. The van der Waals surface area contributed by atoms with Crippen LogP contribution >= 0.6 is 0 Å². The molecule has 2 heterocycles. The van der Waals surface area contributed by atoms with E-state index in [0.29, 0.717) is 6.61 Å². The smallest absolute Gasteiger partial charge is 0.0990 e. The molecule has 4 atom stereocenters. The molecule has 2 aliphatic heterocycles. The lowest BCUT2D eigenvalue weighted by atomic mass is 9.69. The molecule has 0 saturated carbocycles. The lowest BCUT2D eigenvalue weighted by Crippen LogP contribution is -2.43. The van der Waals surface area contributed by atoms with Gasteiger partial charge >= 0.3 is 0 Å². The molecule has 157 valence electrons. The fraction of sp³-hybridized carbons (Fsp3) is 0.739. The van der Waals surface area contributed by atoms with Gasteiger partial charge in [0.2, 0.25) is 0 Å². The molecule has 1 radical (unpaired) electrons. The third kappa shape index (κ3) is 3.50. The van der Waals surface area contributed by atoms with Crippen molar-refractivity contribution in [2.75, 3.05) is 13.2 Å². The molecule has 2 saturated heterocycles. The SMILES string of the molecule is C[Si](C)C(C)(C)C(C)(C)OCc1cccc([C@@]23CC[C@@H](O2)[C@@H](CO)[C@H]3CO)c1. The molecule has 0 amide bonds. The van der Waals surface area contributed by atoms with Gasteiger partial charge in [0.05, 0.1) is 32.7 Å². The van der Waals surface area contributed by atoms with Crippen LogP contribution in [0.3, 0.4) is 0 Å². The number of ether oxygens (including phenoxy) is 2.